The molecule has 2 aromatic heterocycles. The number of nitrogens with one attached hydrogen (secondary N) is 1. The Bertz CT molecular complexity index is 544. The van der Waals surface area contributed by atoms with Crippen LogP contribution in [-0.4, -0.2) is 37.8 Å². The lowest BCUT2D eigenvalue weighted by Gasteiger charge is -2.08. The van der Waals surface area contributed by atoms with Gasteiger partial charge in [-0.3, -0.25) is 4.98 Å². The second kappa shape index (κ2) is 7.56. The Morgan fingerprint density at radius 2 is 2.30 bits per heavy atom. The summed E-state index contributed by atoms with van der Waals surface area (Å²) >= 11 is 7.65. The van der Waals surface area contributed by atoms with Gasteiger partial charge in [0.1, 0.15) is 0 Å². The topological polar surface area (TPSA) is 68.5 Å². The molecule has 2 heterocycles. The third-order valence-corrected chi connectivity index (χ3v) is 3.93. The molecule has 108 valence electrons. The molecule has 0 bridgehead atoms. The van der Waals surface area contributed by atoms with Gasteiger partial charge in [-0.15, -0.1) is 5.10 Å². The van der Waals surface area contributed by atoms with Crippen molar-refractivity contribution in [2.75, 3.05) is 6.54 Å². The van der Waals surface area contributed by atoms with Gasteiger partial charge in [-0.1, -0.05) is 37.2 Å². The predicted molar refractivity (Wildman–Crippen MR) is 79.8 cm³/mol. The Morgan fingerprint density at radius 1 is 1.45 bits per heavy atom. The highest BCUT2D eigenvalue weighted by Crippen LogP contribution is 2.23. The van der Waals surface area contributed by atoms with Gasteiger partial charge in [0, 0.05) is 30.7 Å². The van der Waals surface area contributed by atoms with E-state index < -0.39 is 0 Å². The number of aromatic nitrogens is 5. The van der Waals surface area contributed by atoms with E-state index in [0.717, 1.165) is 29.6 Å². The third kappa shape index (κ3) is 4.43. The van der Waals surface area contributed by atoms with E-state index >= 15 is 0 Å². The van der Waals surface area contributed by atoms with Gasteiger partial charge in [0.2, 0.25) is 5.16 Å². The van der Waals surface area contributed by atoms with E-state index in [1.54, 1.807) is 28.8 Å². The Hall–Kier alpha value is -1.18. The molecule has 0 aliphatic carbocycles. The molecular weight excluding hydrogens is 296 g/mol. The van der Waals surface area contributed by atoms with Crippen LogP contribution in [0.1, 0.15) is 19.4 Å². The molecule has 8 heteroatoms. The number of halogens is 1. The fourth-order valence-corrected chi connectivity index (χ4v) is 2.74. The number of thioether (sulfide) groups is 1. The number of tetrazole rings is 1. The summed E-state index contributed by atoms with van der Waals surface area (Å²) in [6.07, 6.45) is 3.38. The van der Waals surface area contributed by atoms with Crippen molar-refractivity contribution in [3.05, 3.63) is 29.0 Å². The summed E-state index contributed by atoms with van der Waals surface area (Å²) in [5.41, 5.74) is 1.03. The maximum atomic E-state index is 6.08. The van der Waals surface area contributed by atoms with Crippen molar-refractivity contribution < 1.29 is 0 Å². The summed E-state index contributed by atoms with van der Waals surface area (Å²) in [5, 5.41) is 16.6. The van der Waals surface area contributed by atoms with E-state index in [0.29, 0.717) is 11.1 Å². The average molecular weight is 313 g/mol. The summed E-state index contributed by atoms with van der Waals surface area (Å²) in [4.78, 5) is 3.97. The molecule has 20 heavy (non-hydrogen) atoms. The number of hydrogen-bond donors (Lipinski definition) is 1. The van der Waals surface area contributed by atoms with Crippen LogP contribution in [-0.2, 0) is 12.3 Å². The van der Waals surface area contributed by atoms with Crippen LogP contribution in [0.25, 0.3) is 0 Å². The molecular formula is C12H17ClN6S. The molecule has 0 fully saturated rings. The van der Waals surface area contributed by atoms with Crippen LogP contribution in [0.2, 0.25) is 5.02 Å². The monoisotopic (exact) mass is 312 g/mol. The maximum Gasteiger partial charge on any atom is 0.209 e. The number of pyridine rings is 1. The summed E-state index contributed by atoms with van der Waals surface area (Å²) in [6, 6.07) is 2.36. The van der Waals surface area contributed by atoms with Gasteiger partial charge in [-0.05, 0) is 22.1 Å². The van der Waals surface area contributed by atoms with Gasteiger partial charge < -0.3 is 5.32 Å². The Labute approximate surface area is 127 Å². The Kier molecular flexibility index (Phi) is 5.75. The lowest BCUT2D eigenvalue weighted by Crippen LogP contribution is -2.27. The van der Waals surface area contributed by atoms with Crippen LogP contribution < -0.4 is 5.32 Å². The Morgan fingerprint density at radius 3 is 3.05 bits per heavy atom. The number of nitrogens with zero attached hydrogens (tertiary/aromatic N) is 5. The fraction of sp³-hybridized carbons (Fsp3) is 0.500. The molecule has 0 unspecified atom stereocenters. The van der Waals surface area contributed by atoms with Gasteiger partial charge in [0.25, 0.3) is 0 Å². The van der Waals surface area contributed by atoms with Crippen LogP contribution >= 0.6 is 23.4 Å². The highest BCUT2D eigenvalue weighted by Gasteiger charge is 2.08. The van der Waals surface area contributed by atoms with Crippen molar-refractivity contribution in [2.45, 2.75) is 37.3 Å². The van der Waals surface area contributed by atoms with Crippen molar-refractivity contribution in [2.24, 2.45) is 0 Å². The zero-order valence-corrected chi connectivity index (χ0v) is 13.0. The van der Waals surface area contributed by atoms with E-state index in [4.69, 9.17) is 11.6 Å². The second-order valence-corrected chi connectivity index (χ2v) is 5.90. The van der Waals surface area contributed by atoms with E-state index in [2.05, 4.69) is 39.7 Å². The van der Waals surface area contributed by atoms with Gasteiger partial charge in [-0.2, -0.15) is 0 Å². The minimum atomic E-state index is 0.457. The van der Waals surface area contributed by atoms with Gasteiger partial charge >= 0.3 is 0 Å². The zero-order chi connectivity index (χ0) is 14.4. The largest absolute Gasteiger partial charge is 0.313 e. The van der Waals surface area contributed by atoms with E-state index in [-0.39, 0.29) is 0 Å². The van der Waals surface area contributed by atoms with Gasteiger partial charge in [0.15, 0.2) is 0 Å². The van der Waals surface area contributed by atoms with Gasteiger partial charge in [-0.25, -0.2) is 4.68 Å². The summed E-state index contributed by atoms with van der Waals surface area (Å²) in [5.74, 6) is 0.722. The molecule has 0 saturated carbocycles. The highest BCUT2D eigenvalue weighted by atomic mass is 35.5. The molecule has 0 radical (unpaired) electrons. The van der Waals surface area contributed by atoms with Crippen molar-refractivity contribution in [3.63, 3.8) is 0 Å². The Balaban J connectivity index is 1.90. The quantitative estimate of drug-likeness (QED) is 0.789. The van der Waals surface area contributed by atoms with E-state index in [9.17, 15) is 0 Å². The van der Waals surface area contributed by atoms with Crippen molar-refractivity contribution >= 4 is 23.4 Å². The summed E-state index contributed by atoms with van der Waals surface area (Å²) < 4.78 is 1.80. The van der Waals surface area contributed by atoms with Crippen molar-refractivity contribution in [3.8, 4) is 0 Å². The van der Waals surface area contributed by atoms with Crippen LogP contribution in [0.3, 0.4) is 0 Å². The van der Waals surface area contributed by atoms with Crippen LogP contribution in [0, 0.1) is 0 Å². The lowest BCUT2D eigenvalue weighted by atomic mass is 10.3. The predicted octanol–water partition coefficient (Wildman–Crippen LogP) is 2.01. The molecule has 0 aliphatic rings. The first-order chi connectivity index (χ1) is 9.66. The van der Waals surface area contributed by atoms with Gasteiger partial charge in [0.05, 0.1) is 11.6 Å². The molecule has 0 amide bonds. The van der Waals surface area contributed by atoms with Crippen LogP contribution in [0.5, 0.6) is 0 Å². The maximum absolute atomic E-state index is 6.08. The van der Waals surface area contributed by atoms with Crippen LogP contribution in [0.15, 0.2) is 23.6 Å². The lowest BCUT2D eigenvalue weighted by molar-refractivity contribution is 0.485. The summed E-state index contributed by atoms with van der Waals surface area (Å²) in [7, 11) is 0. The first-order valence-electron chi connectivity index (χ1n) is 6.37. The minimum Gasteiger partial charge on any atom is -0.313 e. The minimum absolute atomic E-state index is 0.457. The van der Waals surface area contributed by atoms with E-state index in [1.807, 2.05) is 6.07 Å². The normalized spacial score (nSPS) is 11.2. The first kappa shape index (κ1) is 15.2. The molecule has 1 N–H and O–H groups in total. The molecule has 0 atom stereocenters. The fourth-order valence-electron chi connectivity index (χ4n) is 1.56. The molecule has 0 aliphatic heterocycles. The highest BCUT2D eigenvalue weighted by molar-refractivity contribution is 7.98. The smallest absolute Gasteiger partial charge is 0.209 e. The zero-order valence-electron chi connectivity index (χ0n) is 11.5. The molecule has 2 aromatic rings. The third-order valence-electron chi connectivity index (χ3n) is 2.59. The van der Waals surface area contributed by atoms with Crippen LogP contribution in [0.4, 0.5) is 0 Å². The molecule has 6 nitrogen and oxygen atoms in total. The first-order valence-corrected chi connectivity index (χ1v) is 7.74. The standard InChI is InChI=1S/C12H17ClN6S/c1-9(2)15-5-6-19-12(16-17-18-19)20-8-10-3-4-14-7-11(10)13/h3-4,7,9,15H,5-6,8H2,1-2H3. The number of hydrogen-bond acceptors (Lipinski definition) is 6. The molecule has 0 aromatic carbocycles. The molecule has 2 rings (SSSR count). The molecule has 0 saturated heterocycles. The van der Waals surface area contributed by atoms with E-state index in [1.165, 1.54) is 0 Å². The SMILES string of the molecule is CC(C)NCCn1nnnc1SCc1ccncc1Cl. The molecule has 0 spiro atoms. The second-order valence-electron chi connectivity index (χ2n) is 4.55. The summed E-state index contributed by atoms with van der Waals surface area (Å²) in [6.45, 7) is 5.81. The van der Waals surface area contributed by atoms with Crippen molar-refractivity contribution in [1.29, 1.82) is 0 Å². The number of rotatable bonds is 7. The average Bonchev–Trinajstić information content (AvgIpc) is 2.85. The van der Waals surface area contributed by atoms with Crippen molar-refractivity contribution in [1.82, 2.24) is 30.5 Å².